The van der Waals surface area contributed by atoms with Crippen molar-refractivity contribution in [3.8, 4) is 11.5 Å². The van der Waals surface area contributed by atoms with E-state index in [4.69, 9.17) is 21.1 Å². The Hall–Kier alpha value is -2.33. The van der Waals surface area contributed by atoms with Crippen LogP contribution in [0.2, 0.25) is 5.02 Å². The molecule has 0 atom stereocenters. The lowest BCUT2D eigenvalue weighted by Gasteiger charge is -2.20. The number of benzene rings is 1. The van der Waals surface area contributed by atoms with Gasteiger partial charge in [0.1, 0.15) is 13.2 Å². The molecule has 0 spiro atoms. The molecule has 1 aliphatic heterocycles. The molecule has 0 saturated heterocycles. The third kappa shape index (κ3) is 5.85. The van der Waals surface area contributed by atoms with Gasteiger partial charge in [-0.05, 0) is 49.2 Å². The molecule has 3 rings (SSSR count). The van der Waals surface area contributed by atoms with E-state index in [-0.39, 0.29) is 35.7 Å². The van der Waals surface area contributed by atoms with Gasteiger partial charge in [0.15, 0.2) is 16.7 Å². The van der Waals surface area contributed by atoms with Gasteiger partial charge in [-0.3, -0.25) is 9.59 Å². The van der Waals surface area contributed by atoms with Crippen molar-refractivity contribution in [1.82, 2.24) is 15.3 Å². The number of hydrogen-bond acceptors (Lipinski definition) is 6. The maximum absolute atomic E-state index is 12.4. The van der Waals surface area contributed by atoms with E-state index in [0.717, 1.165) is 5.56 Å². The summed E-state index contributed by atoms with van der Waals surface area (Å²) in [6.07, 6.45) is 0.785. The first kappa shape index (κ1) is 22.4. The first-order chi connectivity index (χ1) is 14.3. The summed E-state index contributed by atoms with van der Waals surface area (Å²) < 4.78 is 35.8. The van der Waals surface area contributed by atoms with Crippen molar-refractivity contribution in [1.29, 1.82) is 0 Å². The topological polar surface area (TPSA) is 93.3 Å². The third-order valence-electron chi connectivity index (χ3n) is 4.40. The smallest absolute Gasteiger partial charge is 0.291 e. The normalized spacial score (nSPS) is 12.8. The van der Waals surface area contributed by atoms with E-state index in [0.29, 0.717) is 54.0 Å². The number of aromatic nitrogens is 2. The number of carbonyl (C=O) groups is 1. The zero-order chi connectivity index (χ0) is 21.7. The summed E-state index contributed by atoms with van der Waals surface area (Å²) >= 11 is 6.37. The zero-order valence-electron chi connectivity index (χ0n) is 16.1. The van der Waals surface area contributed by atoms with E-state index in [9.17, 15) is 18.4 Å². The van der Waals surface area contributed by atoms with E-state index in [1.165, 1.54) is 0 Å². The molecule has 7 nitrogen and oxygen atoms in total. The standard InChI is InChI=1S/C19H20ClF2N3O4S/c1-10-12(17(27)25-19(24-10)30-18(21)22)2-3-15(26)23-5-4-11-8-13(20)16-14(9-11)28-6-7-29-16/h8-9,18H,2-7H2,1H3,(H,23,26)(H,24,25,27). The van der Waals surface area contributed by atoms with Crippen LogP contribution in [0.1, 0.15) is 23.2 Å². The number of rotatable bonds is 8. The molecule has 0 saturated carbocycles. The quantitative estimate of drug-likeness (QED) is 0.465. The number of thioether (sulfide) groups is 1. The fraction of sp³-hybridized carbons (Fsp3) is 0.421. The zero-order valence-corrected chi connectivity index (χ0v) is 17.7. The van der Waals surface area contributed by atoms with Crippen molar-refractivity contribution in [2.45, 2.75) is 37.1 Å². The van der Waals surface area contributed by atoms with Gasteiger partial charge in [0.2, 0.25) is 5.91 Å². The summed E-state index contributed by atoms with van der Waals surface area (Å²) in [5.41, 5.74) is 1.03. The molecule has 162 valence electrons. The average Bonchev–Trinajstić information content (AvgIpc) is 2.67. The highest BCUT2D eigenvalue weighted by Gasteiger charge is 2.17. The number of carbonyl (C=O) groups excluding carboxylic acids is 1. The second-order valence-electron chi connectivity index (χ2n) is 6.52. The van der Waals surface area contributed by atoms with E-state index in [1.54, 1.807) is 13.0 Å². The number of aromatic amines is 1. The number of fused-ring (bicyclic) bond motifs is 1. The molecule has 2 heterocycles. The minimum atomic E-state index is -2.67. The minimum absolute atomic E-state index is 0.0782. The Morgan fingerprint density at radius 2 is 2.10 bits per heavy atom. The van der Waals surface area contributed by atoms with Crippen molar-refractivity contribution in [3.63, 3.8) is 0 Å². The Morgan fingerprint density at radius 3 is 2.83 bits per heavy atom. The van der Waals surface area contributed by atoms with Crippen molar-refractivity contribution in [2.24, 2.45) is 0 Å². The van der Waals surface area contributed by atoms with Crippen LogP contribution in [0.3, 0.4) is 0 Å². The summed E-state index contributed by atoms with van der Waals surface area (Å²) in [5, 5.41) is 3.11. The van der Waals surface area contributed by atoms with Crippen LogP contribution in [-0.4, -0.2) is 41.4 Å². The van der Waals surface area contributed by atoms with E-state index in [1.807, 2.05) is 6.07 Å². The second kappa shape index (κ2) is 10.1. The fourth-order valence-electron chi connectivity index (χ4n) is 3.00. The molecule has 0 radical (unpaired) electrons. The lowest BCUT2D eigenvalue weighted by molar-refractivity contribution is -0.121. The summed E-state index contributed by atoms with van der Waals surface area (Å²) in [4.78, 5) is 30.5. The van der Waals surface area contributed by atoms with Crippen molar-refractivity contribution in [3.05, 3.63) is 44.3 Å². The van der Waals surface area contributed by atoms with E-state index >= 15 is 0 Å². The molecule has 0 unspecified atom stereocenters. The molecule has 0 fully saturated rings. The Balaban J connectivity index is 1.50. The number of nitrogens with zero attached hydrogens (tertiary/aromatic N) is 1. The monoisotopic (exact) mass is 459 g/mol. The van der Waals surface area contributed by atoms with Crippen LogP contribution in [-0.2, 0) is 17.6 Å². The Kier molecular flexibility index (Phi) is 7.54. The maximum atomic E-state index is 12.4. The van der Waals surface area contributed by atoms with Gasteiger partial charge >= 0.3 is 0 Å². The molecule has 2 aromatic rings. The molecule has 1 aromatic carbocycles. The molecule has 30 heavy (non-hydrogen) atoms. The van der Waals surface area contributed by atoms with Crippen LogP contribution in [0.15, 0.2) is 22.1 Å². The van der Waals surface area contributed by atoms with E-state index < -0.39 is 11.3 Å². The van der Waals surface area contributed by atoms with Crippen LogP contribution in [0, 0.1) is 6.92 Å². The second-order valence-corrected chi connectivity index (χ2v) is 7.90. The van der Waals surface area contributed by atoms with Gasteiger partial charge < -0.3 is 19.8 Å². The number of nitrogens with one attached hydrogen (secondary N) is 2. The minimum Gasteiger partial charge on any atom is -0.486 e. The number of halogens is 3. The first-order valence-corrected chi connectivity index (χ1v) is 10.5. The molecular formula is C19H20ClF2N3O4S. The molecule has 1 amide bonds. The fourth-order valence-corrected chi connectivity index (χ4v) is 3.80. The Bertz CT molecular complexity index is 987. The molecular weight excluding hydrogens is 440 g/mol. The largest absolute Gasteiger partial charge is 0.486 e. The molecule has 0 bridgehead atoms. The highest BCUT2D eigenvalue weighted by molar-refractivity contribution is 7.99. The van der Waals surface area contributed by atoms with Crippen LogP contribution in [0.25, 0.3) is 0 Å². The molecule has 2 N–H and O–H groups in total. The number of amides is 1. The van der Waals surface area contributed by atoms with Gasteiger partial charge in [-0.15, -0.1) is 0 Å². The van der Waals surface area contributed by atoms with Crippen LogP contribution < -0.4 is 20.3 Å². The average molecular weight is 460 g/mol. The SMILES string of the molecule is Cc1nc(SC(F)F)[nH]c(=O)c1CCC(=O)NCCc1cc(Cl)c2c(c1)OCCO2. The summed E-state index contributed by atoms with van der Waals surface area (Å²) in [6.45, 7) is 2.85. The molecule has 11 heteroatoms. The third-order valence-corrected chi connectivity index (χ3v) is 5.27. The number of hydrogen-bond donors (Lipinski definition) is 2. The van der Waals surface area contributed by atoms with Gasteiger partial charge in [0, 0.05) is 24.2 Å². The maximum Gasteiger partial charge on any atom is 0.291 e. The molecule has 1 aromatic heterocycles. The Morgan fingerprint density at radius 1 is 1.33 bits per heavy atom. The lowest BCUT2D eigenvalue weighted by Crippen LogP contribution is -2.27. The van der Waals surface area contributed by atoms with Crippen molar-refractivity contribution >= 4 is 29.3 Å². The van der Waals surface area contributed by atoms with Gasteiger partial charge in [0.25, 0.3) is 11.3 Å². The molecule has 1 aliphatic rings. The highest BCUT2D eigenvalue weighted by Crippen LogP contribution is 2.38. The number of alkyl halides is 2. The van der Waals surface area contributed by atoms with Gasteiger partial charge in [-0.2, -0.15) is 8.78 Å². The van der Waals surface area contributed by atoms with Crippen molar-refractivity contribution in [2.75, 3.05) is 19.8 Å². The lowest BCUT2D eigenvalue weighted by atomic mass is 10.1. The number of ether oxygens (including phenoxy) is 2. The summed E-state index contributed by atoms with van der Waals surface area (Å²) in [6, 6.07) is 3.61. The number of aryl methyl sites for hydroxylation is 1. The highest BCUT2D eigenvalue weighted by atomic mass is 35.5. The van der Waals surface area contributed by atoms with Crippen molar-refractivity contribution < 1.29 is 23.0 Å². The van der Waals surface area contributed by atoms with Gasteiger partial charge in [-0.1, -0.05) is 11.6 Å². The van der Waals surface area contributed by atoms with Crippen LogP contribution in [0.5, 0.6) is 11.5 Å². The summed E-state index contributed by atoms with van der Waals surface area (Å²) in [7, 11) is 0. The van der Waals surface area contributed by atoms with Gasteiger partial charge in [-0.25, -0.2) is 4.98 Å². The van der Waals surface area contributed by atoms with E-state index in [2.05, 4.69) is 15.3 Å². The predicted octanol–water partition coefficient (Wildman–Crippen LogP) is 3.11. The Labute approximate surface area is 180 Å². The predicted molar refractivity (Wildman–Crippen MR) is 109 cm³/mol. The first-order valence-electron chi connectivity index (χ1n) is 9.23. The summed E-state index contributed by atoms with van der Waals surface area (Å²) in [5.74, 6) is -1.79. The molecule has 0 aliphatic carbocycles. The van der Waals surface area contributed by atoms with Crippen LogP contribution in [0.4, 0.5) is 8.78 Å². The number of H-pyrrole nitrogens is 1. The van der Waals surface area contributed by atoms with Gasteiger partial charge in [0.05, 0.1) is 5.02 Å². The van der Waals surface area contributed by atoms with Crippen LogP contribution >= 0.6 is 23.4 Å².